The van der Waals surface area contributed by atoms with E-state index in [0.29, 0.717) is 28.5 Å². The van der Waals surface area contributed by atoms with E-state index in [4.69, 9.17) is 11.6 Å². The molecule has 160 valence electrons. The van der Waals surface area contributed by atoms with Gasteiger partial charge >= 0.3 is 0 Å². The summed E-state index contributed by atoms with van der Waals surface area (Å²) in [6.07, 6.45) is 1.72. The molecule has 32 heavy (non-hydrogen) atoms. The quantitative estimate of drug-likeness (QED) is 0.420. The van der Waals surface area contributed by atoms with E-state index in [1.807, 2.05) is 54.6 Å². The molecular formula is C24H18BrClN4O2. The van der Waals surface area contributed by atoms with Crippen molar-refractivity contribution in [2.45, 2.75) is 18.7 Å². The Morgan fingerprint density at radius 3 is 2.53 bits per heavy atom. The van der Waals surface area contributed by atoms with Gasteiger partial charge in [-0.3, -0.25) is 4.79 Å². The number of nitrogens with zero attached hydrogens (tertiary/aromatic N) is 4. The summed E-state index contributed by atoms with van der Waals surface area (Å²) >= 11 is 9.64. The predicted octanol–water partition coefficient (Wildman–Crippen LogP) is 4.80. The number of hydrogen-bond donors (Lipinski definition) is 1. The molecular weight excluding hydrogens is 492 g/mol. The topological polar surface area (TPSA) is 71.2 Å². The number of carbonyl (C=O) groups excluding carboxylic acids is 1. The van der Waals surface area contributed by atoms with Gasteiger partial charge in [0.15, 0.2) is 5.60 Å². The number of fused-ring (bicyclic) bond motifs is 1. The van der Waals surface area contributed by atoms with Gasteiger partial charge in [0.25, 0.3) is 5.91 Å². The Labute approximate surface area is 198 Å². The van der Waals surface area contributed by atoms with E-state index in [1.54, 1.807) is 29.3 Å². The third-order valence-electron chi connectivity index (χ3n) is 5.55. The summed E-state index contributed by atoms with van der Waals surface area (Å²) in [5.74, 6) is -0.417. The first-order valence-electron chi connectivity index (χ1n) is 9.98. The van der Waals surface area contributed by atoms with Crippen LogP contribution in [-0.4, -0.2) is 26.0 Å². The highest BCUT2D eigenvalue weighted by atomic mass is 79.9. The van der Waals surface area contributed by atoms with Crippen molar-refractivity contribution < 1.29 is 9.90 Å². The Morgan fingerprint density at radius 1 is 1.03 bits per heavy atom. The van der Waals surface area contributed by atoms with Gasteiger partial charge in [-0.2, -0.15) is 0 Å². The molecule has 1 unspecified atom stereocenters. The van der Waals surface area contributed by atoms with Crippen LogP contribution >= 0.6 is 27.5 Å². The Kier molecular flexibility index (Phi) is 5.33. The first-order valence-corrected chi connectivity index (χ1v) is 11.2. The lowest BCUT2D eigenvalue weighted by atomic mass is 9.95. The lowest BCUT2D eigenvalue weighted by molar-refractivity contribution is -0.138. The smallest absolute Gasteiger partial charge is 0.265 e. The maximum atomic E-state index is 13.5. The molecule has 1 aliphatic heterocycles. The standard InChI is InChI=1S/C24H18BrClN4O2/c25-18-8-6-17(7-9-18)21-14-29(28-27-21)15-24(32)20-12-19(26)10-11-22(20)30(23(24)31)13-16-4-2-1-3-5-16/h1-12,14,32H,13,15H2. The van der Waals surface area contributed by atoms with Crippen molar-refractivity contribution in [3.05, 3.63) is 99.6 Å². The van der Waals surface area contributed by atoms with E-state index < -0.39 is 11.5 Å². The highest BCUT2D eigenvalue weighted by molar-refractivity contribution is 9.10. The number of halogens is 2. The Hall–Kier alpha value is -3.00. The maximum absolute atomic E-state index is 13.5. The van der Waals surface area contributed by atoms with Crippen LogP contribution in [0.2, 0.25) is 5.02 Å². The number of aliphatic hydroxyl groups is 1. The van der Waals surface area contributed by atoms with Crippen LogP contribution in [0.5, 0.6) is 0 Å². The van der Waals surface area contributed by atoms with Gasteiger partial charge in [-0.15, -0.1) is 5.10 Å². The van der Waals surface area contributed by atoms with Crippen molar-refractivity contribution in [2.24, 2.45) is 0 Å². The van der Waals surface area contributed by atoms with Crippen LogP contribution < -0.4 is 4.90 Å². The summed E-state index contributed by atoms with van der Waals surface area (Å²) < 4.78 is 2.46. The van der Waals surface area contributed by atoms with Crippen LogP contribution in [0.15, 0.2) is 83.5 Å². The van der Waals surface area contributed by atoms with Crippen LogP contribution in [-0.2, 0) is 23.5 Å². The first kappa shape index (κ1) is 20.9. The minimum atomic E-state index is -1.81. The second-order valence-electron chi connectivity index (χ2n) is 7.71. The normalized spacial score (nSPS) is 17.6. The number of aromatic nitrogens is 3. The lowest BCUT2D eigenvalue weighted by Gasteiger charge is -2.23. The Morgan fingerprint density at radius 2 is 1.78 bits per heavy atom. The summed E-state index contributed by atoms with van der Waals surface area (Å²) in [5, 5.41) is 20.4. The lowest BCUT2D eigenvalue weighted by Crippen LogP contribution is -2.43. The van der Waals surface area contributed by atoms with E-state index in [-0.39, 0.29) is 6.54 Å². The SMILES string of the molecule is O=C1N(Cc2ccccc2)c2ccc(Cl)cc2C1(O)Cn1cc(-c2ccc(Br)cc2)nn1. The molecule has 1 amide bonds. The molecule has 1 N–H and O–H groups in total. The molecule has 1 aromatic heterocycles. The zero-order chi connectivity index (χ0) is 22.3. The number of rotatable bonds is 5. The molecule has 0 aliphatic carbocycles. The summed E-state index contributed by atoms with van der Waals surface area (Å²) in [5.41, 5.74) is 1.80. The fourth-order valence-electron chi connectivity index (χ4n) is 3.96. The average Bonchev–Trinajstić information content (AvgIpc) is 3.33. The summed E-state index contributed by atoms with van der Waals surface area (Å²) in [7, 11) is 0. The minimum Gasteiger partial charge on any atom is -0.374 e. The fraction of sp³-hybridized carbons (Fsp3) is 0.125. The third-order valence-corrected chi connectivity index (χ3v) is 6.31. The molecule has 0 spiro atoms. The van der Waals surface area contributed by atoms with Gasteiger partial charge in [0.2, 0.25) is 0 Å². The molecule has 1 atom stereocenters. The number of carbonyl (C=O) groups is 1. The average molecular weight is 510 g/mol. The number of anilines is 1. The number of benzene rings is 3. The Bertz CT molecular complexity index is 1290. The van der Waals surface area contributed by atoms with Crippen molar-refractivity contribution in [3.8, 4) is 11.3 Å². The number of hydrogen-bond acceptors (Lipinski definition) is 4. The van der Waals surface area contributed by atoms with Gasteiger partial charge in [0.05, 0.1) is 25.0 Å². The zero-order valence-electron chi connectivity index (χ0n) is 16.8. The van der Waals surface area contributed by atoms with E-state index in [2.05, 4.69) is 26.2 Å². The fourth-order valence-corrected chi connectivity index (χ4v) is 4.40. The molecule has 6 nitrogen and oxygen atoms in total. The summed E-state index contributed by atoms with van der Waals surface area (Å²) in [6, 6.07) is 22.5. The second kappa shape index (κ2) is 8.16. The minimum absolute atomic E-state index is 0.0754. The van der Waals surface area contributed by atoms with Gasteiger partial charge in [-0.05, 0) is 35.9 Å². The van der Waals surface area contributed by atoms with Crippen molar-refractivity contribution >= 4 is 39.1 Å². The van der Waals surface area contributed by atoms with Crippen molar-refractivity contribution in [1.82, 2.24) is 15.0 Å². The summed E-state index contributed by atoms with van der Waals surface area (Å²) in [4.78, 5) is 15.1. The van der Waals surface area contributed by atoms with E-state index in [1.165, 1.54) is 4.68 Å². The van der Waals surface area contributed by atoms with E-state index in [9.17, 15) is 9.90 Å². The van der Waals surface area contributed by atoms with Crippen LogP contribution in [0.1, 0.15) is 11.1 Å². The predicted molar refractivity (Wildman–Crippen MR) is 126 cm³/mol. The van der Waals surface area contributed by atoms with Gasteiger partial charge in [0, 0.05) is 20.6 Å². The zero-order valence-corrected chi connectivity index (χ0v) is 19.2. The molecule has 3 aromatic carbocycles. The molecule has 0 saturated heterocycles. The highest BCUT2D eigenvalue weighted by Crippen LogP contribution is 2.43. The number of amides is 1. The van der Waals surface area contributed by atoms with Crippen LogP contribution in [0.4, 0.5) is 5.69 Å². The molecule has 0 radical (unpaired) electrons. The first-order chi connectivity index (χ1) is 15.4. The third kappa shape index (κ3) is 3.72. The van der Waals surface area contributed by atoms with E-state index in [0.717, 1.165) is 15.6 Å². The molecule has 4 aromatic rings. The maximum Gasteiger partial charge on any atom is 0.265 e. The van der Waals surface area contributed by atoms with Gasteiger partial charge < -0.3 is 10.0 Å². The van der Waals surface area contributed by atoms with Crippen LogP contribution in [0, 0.1) is 0 Å². The molecule has 2 heterocycles. The van der Waals surface area contributed by atoms with Gasteiger partial charge in [0.1, 0.15) is 5.69 Å². The van der Waals surface area contributed by atoms with Gasteiger partial charge in [-0.1, -0.05) is 75.2 Å². The molecule has 1 aliphatic rings. The molecule has 0 fully saturated rings. The van der Waals surface area contributed by atoms with Crippen molar-refractivity contribution in [3.63, 3.8) is 0 Å². The van der Waals surface area contributed by atoms with Crippen molar-refractivity contribution in [2.75, 3.05) is 4.90 Å². The highest BCUT2D eigenvalue weighted by Gasteiger charge is 2.50. The largest absolute Gasteiger partial charge is 0.374 e. The van der Waals surface area contributed by atoms with Crippen LogP contribution in [0.3, 0.4) is 0 Å². The Balaban J connectivity index is 1.49. The molecule has 5 rings (SSSR count). The van der Waals surface area contributed by atoms with E-state index >= 15 is 0 Å². The summed E-state index contributed by atoms with van der Waals surface area (Å²) in [6.45, 7) is 0.270. The monoisotopic (exact) mass is 508 g/mol. The molecule has 8 heteroatoms. The second-order valence-corrected chi connectivity index (χ2v) is 9.06. The van der Waals surface area contributed by atoms with Gasteiger partial charge in [-0.25, -0.2) is 4.68 Å². The molecule has 0 bridgehead atoms. The van der Waals surface area contributed by atoms with Crippen LogP contribution in [0.25, 0.3) is 11.3 Å². The molecule has 0 saturated carbocycles. The van der Waals surface area contributed by atoms with Crippen molar-refractivity contribution in [1.29, 1.82) is 0 Å².